The van der Waals surface area contributed by atoms with Crippen molar-refractivity contribution in [1.29, 1.82) is 0 Å². The van der Waals surface area contributed by atoms with Crippen LogP contribution in [0, 0.1) is 0 Å². The van der Waals surface area contributed by atoms with E-state index in [2.05, 4.69) is 5.32 Å². The minimum atomic E-state index is -3.32. The molecule has 1 rings (SSSR count). The van der Waals surface area contributed by atoms with E-state index >= 15 is 0 Å². The molecule has 1 heterocycles. The molecule has 5 nitrogen and oxygen atoms in total. The zero-order chi connectivity index (χ0) is 10.6. The number of piperidine rings is 1. The highest BCUT2D eigenvalue weighted by molar-refractivity contribution is 7.92. The van der Waals surface area contributed by atoms with Crippen LogP contribution >= 0.6 is 0 Å². The molecule has 0 radical (unpaired) electrons. The van der Waals surface area contributed by atoms with Gasteiger partial charge in [0.1, 0.15) is 5.75 Å². The van der Waals surface area contributed by atoms with E-state index in [1.54, 1.807) is 0 Å². The topological polar surface area (TPSA) is 89.3 Å². The van der Waals surface area contributed by atoms with E-state index in [-0.39, 0.29) is 11.8 Å². The van der Waals surface area contributed by atoms with Gasteiger partial charge < -0.3 is 11.1 Å². The number of carbonyl (C=O) groups excluding carboxylic acids is 1. The third-order valence-corrected chi connectivity index (χ3v) is 3.86. The Bertz CT molecular complexity index is 294. The van der Waals surface area contributed by atoms with Crippen LogP contribution < -0.4 is 11.1 Å². The zero-order valence-corrected chi connectivity index (χ0v) is 8.85. The summed E-state index contributed by atoms with van der Waals surface area (Å²) in [5.41, 5.74) is 4.85. The van der Waals surface area contributed by atoms with Gasteiger partial charge in [0.25, 0.3) is 0 Å². The Kier molecular flexibility index (Phi) is 3.88. The molecule has 0 saturated carbocycles. The number of sulfone groups is 1. The van der Waals surface area contributed by atoms with Crippen molar-refractivity contribution in [3.8, 4) is 0 Å². The van der Waals surface area contributed by atoms with Crippen molar-refractivity contribution < 1.29 is 13.2 Å². The number of nitrogens with two attached hydrogens (primary N) is 1. The second kappa shape index (κ2) is 4.75. The average Bonchev–Trinajstić information content (AvgIpc) is 2.02. The Labute approximate surface area is 84.0 Å². The summed E-state index contributed by atoms with van der Waals surface area (Å²) in [5, 5.41) is 3.12. The molecule has 3 N–H and O–H groups in total. The first-order chi connectivity index (χ1) is 6.49. The van der Waals surface area contributed by atoms with Crippen molar-refractivity contribution in [2.75, 3.05) is 18.1 Å². The number of primary amides is 1. The van der Waals surface area contributed by atoms with Gasteiger partial charge in [-0.25, -0.2) is 8.42 Å². The standard InChI is InChI=1S/C8H16N2O3S/c9-8(11)6-14(12,13)5-7-3-1-2-4-10-7/h7,10H,1-6H2,(H2,9,11). The van der Waals surface area contributed by atoms with Gasteiger partial charge in [-0.1, -0.05) is 6.42 Å². The molecular weight excluding hydrogens is 204 g/mol. The fraction of sp³-hybridized carbons (Fsp3) is 0.875. The van der Waals surface area contributed by atoms with Crippen molar-refractivity contribution in [3.63, 3.8) is 0 Å². The molecule has 1 aliphatic heterocycles. The second-order valence-corrected chi connectivity index (χ2v) is 5.78. The maximum absolute atomic E-state index is 11.4. The van der Waals surface area contributed by atoms with Gasteiger partial charge in [0.05, 0.1) is 5.75 Å². The van der Waals surface area contributed by atoms with E-state index in [9.17, 15) is 13.2 Å². The summed E-state index contributed by atoms with van der Waals surface area (Å²) >= 11 is 0. The van der Waals surface area contributed by atoms with Gasteiger partial charge in [-0.15, -0.1) is 0 Å². The highest BCUT2D eigenvalue weighted by atomic mass is 32.2. The normalized spacial score (nSPS) is 23.3. The lowest BCUT2D eigenvalue weighted by molar-refractivity contribution is -0.115. The summed E-state index contributed by atoms with van der Waals surface area (Å²) in [6.45, 7) is 0.858. The van der Waals surface area contributed by atoms with Crippen LogP contribution in [0.4, 0.5) is 0 Å². The van der Waals surface area contributed by atoms with Gasteiger partial charge in [0, 0.05) is 6.04 Å². The van der Waals surface area contributed by atoms with Gasteiger partial charge in [0.2, 0.25) is 5.91 Å². The highest BCUT2D eigenvalue weighted by Crippen LogP contribution is 2.09. The fourth-order valence-electron chi connectivity index (χ4n) is 1.65. The average molecular weight is 220 g/mol. The van der Waals surface area contributed by atoms with Crippen LogP contribution in [0.15, 0.2) is 0 Å². The summed E-state index contributed by atoms with van der Waals surface area (Å²) in [5.74, 6) is -1.29. The molecule has 0 aliphatic carbocycles. The molecule has 82 valence electrons. The first kappa shape index (κ1) is 11.5. The number of hydrogen-bond acceptors (Lipinski definition) is 4. The summed E-state index contributed by atoms with van der Waals surface area (Å²) in [7, 11) is -3.32. The molecule has 6 heteroatoms. The Hall–Kier alpha value is -0.620. The smallest absolute Gasteiger partial charge is 0.232 e. The van der Waals surface area contributed by atoms with Crippen LogP contribution in [0.3, 0.4) is 0 Å². The van der Waals surface area contributed by atoms with Crippen molar-refractivity contribution in [1.82, 2.24) is 5.32 Å². The van der Waals surface area contributed by atoms with Gasteiger partial charge in [-0.2, -0.15) is 0 Å². The van der Waals surface area contributed by atoms with Crippen molar-refractivity contribution >= 4 is 15.7 Å². The lowest BCUT2D eigenvalue weighted by Crippen LogP contribution is -2.41. The fourth-order valence-corrected chi connectivity index (χ4v) is 3.10. The maximum Gasteiger partial charge on any atom is 0.232 e. The van der Waals surface area contributed by atoms with E-state index in [4.69, 9.17) is 5.73 Å². The van der Waals surface area contributed by atoms with Gasteiger partial charge in [0.15, 0.2) is 9.84 Å². The molecular formula is C8H16N2O3S. The molecule has 1 fully saturated rings. The third-order valence-electron chi connectivity index (χ3n) is 2.23. The summed E-state index contributed by atoms with van der Waals surface area (Å²) in [6, 6.07) is -0.00639. The molecule has 1 atom stereocenters. The first-order valence-electron chi connectivity index (χ1n) is 4.72. The van der Waals surface area contributed by atoms with Crippen molar-refractivity contribution in [2.24, 2.45) is 5.73 Å². The van der Waals surface area contributed by atoms with E-state index in [1.807, 2.05) is 0 Å². The summed E-state index contributed by atoms with van der Waals surface area (Å²) in [4.78, 5) is 10.5. The quantitative estimate of drug-likeness (QED) is 0.638. The Morgan fingerprint density at radius 2 is 2.14 bits per heavy atom. The van der Waals surface area contributed by atoms with Crippen LogP contribution in [-0.2, 0) is 14.6 Å². The molecule has 0 spiro atoms. The monoisotopic (exact) mass is 220 g/mol. The van der Waals surface area contributed by atoms with E-state index in [0.717, 1.165) is 25.8 Å². The van der Waals surface area contributed by atoms with Crippen LogP contribution in [0.1, 0.15) is 19.3 Å². The Balaban J connectivity index is 2.45. The molecule has 1 unspecified atom stereocenters. The predicted octanol–water partition coefficient (Wildman–Crippen LogP) is -0.971. The lowest BCUT2D eigenvalue weighted by atomic mass is 10.1. The van der Waals surface area contributed by atoms with Crippen LogP contribution in [0.25, 0.3) is 0 Å². The van der Waals surface area contributed by atoms with E-state index in [1.165, 1.54) is 0 Å². The summed E-state index contributed by atoms with van der Waals surface area (Å²) in [6.07, 6.45) is 2.99. The molecule has 1 amide bonds. The number of rotatable bonds is 4. The zero-order valence-electron chi connectivity index (χ0n) is 8.03. The lowest BCUT2D eigenvalue weighted by Gasteiger charge is -2.22. The first-order valence-corrected chi connectivity index (χ1v) is 6.54. The molecule has 0 bridgehead atoms. The number of amides is 1. The Morgan fingerprint density at radius 1 is 1.43 bits per heavy atom. The largest absolute Gasteiger partial charge is 0.369 e. The molecule has 1 saturated heterocycles. The third kappa shape index (κ3) is 4.06. The minimum absolute atomic E-state index is 0.00639. The highest BCUT2D eigenvalue weighted by Gasteiger charge is 2.22. The van der Waals surface area contributed by atoms with Crippen molar-refractivity contribution in [3.05, 3.63) is 0 Å². The molecule has 0 aromatic rings. The number of hydrogen-bond donors (Lipinski definition) is 2. The number of carbonyl (C=O) groups is 1. The van der Waals surface area contributed by atoms with Crippen LogP contribution in [0.2, 0.25) is 0 Å². The summed E-state index contributed by atoms with van der Waals surface area (Å²) < 4.78 is 22.7. The molecule has 0 aromatic carbocycles. The molecule has 1 aliphatic rings. The Morgan fingerprint density at radius 3 is 2.64 bits per heavy atom. The predicted molar refractivity (Wildman–Crippen MR) is 53.5 cm³/mol. The van der Waals surface area contributed by atoms with Gasteiger partial charge >= 0.3 is 0 Å². The maximum atomic E-state index is 11.4. The van der Waals surface area contributed by atoms with E-state index in [0.29, 0.717) is 0 Å². The minimum Gasteiger partial charge on any atom is -0.369 e. The van der Waals surface area contributed by atoms with Crippen LogP contribution in [-0.4, -0.2) is 38.4 Å². The second-order valence-electron chi connectivity index (χ2n) is 3.67. The number of nitrogens with one attached hydrogen (secondary N) is 1. The molecule has 0 aromatic heterocycles. The SMILES string of the molecule is NC(=O)CS(=O)(=O)CC1CCCCN1. The molecule has 14 heavy (non-hydrogen) atoms. The van der Waals surface area contributed by atoms with Gasteiger partial charge in [-0.3, -0.25) is 4.79 Å². The van der Waals surface area contributed by atoms with Gasteiger partial charge in [-0.05, 0) is 19.4 Å². The van der Waals surface area contributed by atoms with E-state index < -0.39 is 21.5 Å². The van der Waals surface area contributed by atoms with Crippen molar-refractivity contribution in [2.45, 2.75) is 25.3 Å². The van der Waals surface area contributed by atoms with Crippen LogP contribution in [0.5, 0.6) is 0 Å².